The van der Waals surface area contributed by atoms with Crippen molar-refractivity contribution in [3.05, 3.63) is 29.0 Å². The van der Waals surface area contributed by atoms with E-state index in [1.54, 1.807) is 24.0 Å². The first-order valence-corrected chi connectivity index (χ1v) is 7.83. The zero-order valence-electron chi connectivity index (χ0n) is 9.47. The van der Waals surface area contributed by atoms with Crippen LogP contribution in [0.4, 0.5) is 0 Å². The van der Waals surface area contributed by atoms with Gasteiger partial charge < -0.3 is 4.90 Å². The maximum Gasteiger partial charge on any atom is 0.258 e. The monoisotopic (exact) mass is 347 g/mol. The fraction of sp³-hybridized carbons (Fsp3) is 0.364. The maximum absolute atomic E-state index is 11.3. The van der Waals surface area contributed by atoms with Crippen molar-refractivity contribution in [2.45, 2.75) is 6.54 Å². The highest BCUT2D eigenvalue weighted by atomic mass is 79.9. The van der Waals surface area contributed by atoms with Crippen LogP contribution in [0.25, 0.3) is 0 Å². The highest BCUT2D eigenvalue weighted by molar-refractivity contribution is 9.09. The van der Waals surface area contributed by atoms with Gasteiger partial charge in [0.1, 0.15) is 5.15 Å². The molecule has 1 amide bonds. The molecule has 0 radical (unpaired) electrons. The molecule has 1 saturated heterocycles. The molecule has 0 aromatic carbocycles. The van der Waals surface area contributed by atoms with E-state index in [0.717, 1.165) is 23.0 Å². The zero-order valence-corrected chi connectivity index (χ0v) is 12.6. The van der Waals surface area contributed by atoms with Crippen molar-refractivity contribution >= 4 is 50.4 Å². The zero-order chi connectivity index (χ0) is 13.0. The minimum Gasteiger partial charge on any atom is -0.346 e. The van der Waals surface area contributed by atoms with Gasteiger partial charge in [-0.3, -0.25) is 4.79 Å². The number of amides is 1. The van der Waals surface area contributed by atoms with Crippen molar-refractivity contribution in [2.75, 3.05) is 17.6 Å². The maximum atomic E-state index is 11.3. The van der Waals surface area contributed by atoms with Crippen molar-refractivity contribution in [1.82, 2.24) is 9.88 Å². The Kier molecular flexibility index (Phi) is 5.03. The van der Waals surface area contributed by atoms with Crippen LogP contribution in [0.2, 0.25) is 5.15 Å². The smallest absolute Gasteiger partial charge is 0.258 e. The summed E-state index contributed by atoms with van der Waals surface area (Å²) in [6.07, 6.45) is 1.75. The normalized spacial score (nSPS) is 17.4. The number of hydrogen-bond acceptors (Lipinski definition) is 3. The van der Waals surface area contributed by atoms with Crippen LogP contribution in [-0.2, 0) is 11.3 Å². The molecular formula is C11H11BrClN3OS. The van der Waals surface area contributed by atoms with Gasteiger partial charge in [-0.05, 0) is 11.6 Å². The fourth-order valence-corrected chi connectivity index (χ4v) is 2.78. The number of thioether (sulfide) groups is 1. The number of aliphatic imine (C=N–C) groups is 1. The van der Waals surface area contributed by atoms with Gasteiger partial charge in [0.25, 0.3) is 5.91 Å². The lowest BCUT2D eigenvalue weighted by atomic mass is 10.3. The molecular weight excluding hydrogens is 338 g/mol. The Morgan fingerprint density at radius 3 is 3.11 bits per heavy atom. The average Bonchev–Trinajstić information content (AvgIpc) is 2.79. The van der Waals surface area contributed by atoms with Gasteiger partial charge in [0.2, 0.25) is 0 Å². The van der Waals surface area contributed by atoms with Gasteiger partial charge in [0.15, 0.2) is 5.17 Å². The predicted octanol–water partition coefficient (Wildman–Crippen LogP) is 2.56. The minimum atomic E-state index is -0.154. The van der Waals surface area contributed by atoms with E-state index < -0.39 is 0 Å². The largest absolute Gasteiger partial charge is 0.346 e. The van der Waals surface area contributed by atoms with Crippen LogP contribution in [0.3, 0.4) is 0 Å². The molecule has 0 atom stereocenters. The summed E-state index contributed by atoms with van der Waals surface area (Å²) in [5, 5.41) is 1.53. The molecule has 0 N–H and O–H groups in total. The molecule has 0 saturated carbocycles. The van der Waals surface area contributed by atoms with Crippen LogP contribution in [0.5, 0.6) is 0 Å². The first kappa shape index (κ1) is 13.8. The SMILES string of the molecule is O=C(CBr)N=C1SCCN1Cc1ccc(Cl)nc1. The van der Waals surface area contributed by atoms with Crippen molar-refractivity contribution in [3.63, 3.8) is 0 Å². The Morgan fingerprint density at radius 1 is 1.61 bits per heavy atom. The number of amidine groups is 1. The van der Waals surface area contributed by atoms with Crippen LogP contribution >= 0.6 is 39.3 Å². The second-order valence-corrected chi connectivity index (χ2v) is 5.69. The summed E-state index contributed by atoms with van der Waals surface area (Å²) < 4.78 is 0. The fourth-order valence-electron chi connectivity index (χ4n) is 1.54. The quantitative estimate of drug-likeness (QED) is 0.622. The Hall–Kier alpha value is -0.590. The third-order valence-corrected chi connectivity index (χ3v) is 4.06. The van der Waals surface area contributed by atoms with Crippen LogP contribution in [0.15, 0.2) is 23.3 Å². The lowest BCUT2D eigenvalue weighted by Crippen LogP contribution is -2.24. The minimum absolute atomic E-state index is 0.154. The third kappa shape index (κ3) is 3.70. The average molecular weight is 349 g/mol. The molecule has 1 fully saturated rings. The molecule has 0 aliphatic carbocycles. The molecule has 0 bridgehead atoms. The summed E-state index contributed by atoms with van der Waals surface area (Å²) in [6.45, 7) is 1.59. The number of carbonyl (C=O) groups is 1. The van der Waals surface area contributed by atoms with Gasteiger partial charge >= 0.3 is 0 Å². The summed E-state index contributed by atoms with van der Waals surface area (Å²) in [5.74, 6) is 0.800. The standard InChI is InChI=1S/C11H11BrClN3OS/c12-5-10(17)15-11-16(3-4-18-11)7-8-1-2-9(13)14-6-8/h1-2,6H,3-5,7H2. The first-order chi connectivity index (χ1) is 8.69. The Bertz CT molecular complexity index is 466. The van der Waals surface area contributed by atoms with E-state index in [1.165, 1.54) is 0 Å². The predicted molar refractivity (Wildman–Crippen MR) is 78.4 cm³/mol. The summed E-state index contributed by atoms with van der Waals surface area (Å²) >= 11 is 10.5. The summed E-state index contributed by atoms with van der Waals surface area (Å²) in [4.78, 5) is 21.5. The molecule has 96 valence electrons. The lowest BCUT2D eigenvalue weighted by molar-refractivity contribution is -0.115. The van der Waals surface area contributed by atoms with E-state index in [2.05, 4.69) is 30.8 Å². The molecule has 1 aromatic heterocycles. The van der Waals surface area contributed by atoms with Crippen molar-refractivity contribution in [1.29, 1.82) is 0 Å². The number of aromatic nitrogens is 1. The molecule has 0 spiro atoms. The van der Waals surface area contributed by atoms with E-state index in [1.807, 2.05) is 6.07 Å². The van der Waals surface area contributed by atoms with Crippen LogP contribution in [0, 0.1) is 0 Å². The molecule has 4 nitrogen and oxygen atoms in total. The molecule has 2 heterocycles. The van der Waals surface area contributed by atoms with Gasteiger partial charge in [-0.25, -0.2) is 4.98 Å². The topological polar surface area (TPSA) is 45.6 Å². The molecule has 1 aliphatic rings. The van der Waals surface area contributed by atoms with Gasteiger partial charge in [-0.2, -0.15) is 4.99 Å². The van der Waals surface area contributed by atoms with Crippen LogP contribution in [-0.4, -0.2) is 38.6 Å². The van der Waals surface area contributed by atoms with E-state index in [4.69, 9.17) is 11.6 Å². The number of hydrogen-bond donors (Lipinski definition) is 0. The first-order valence-electron chi connectivity index (χ1n) is 5.34. The van der Waals surface area contributed by atoms with E-state index in [9.17, 15) is 4.79 Å². The molecule has 18 heavy (non-hydrogen) atoms. The molecule has 1 aromatic rings. The summed E-state index contributed by atoms with van der Waals surface area (Å²) in [5.41, 5.74) is 1.06. The Labute approximate surface area is 123 Å². The molecule has 7 heteroatoms. The molecule has 0 unspecified atom stereocenters. The lowest BCUT2D eigenvalue weighted by Gasteiger charge is -2.17. The molecule has 1 aliphatic heterocycles. The van der Waals surface area contributed by atoms with Crippen molar-refractivity contribution < 1.29 is 4.79 Å². The van der Waals surface area contributed by atoms with E-state index in [0.29, 0.717) is 11.7 Å². The van der Waals surface area contributed by atoms with Crippen molar-refractivity contribution in [2.24, 2.45) is 4.99 Å². The van der Waals surface area contributed by atoms with Gasteiger partial charge in [-0.15, -0.1) is 0 Å². The number of alkyl halides is 1. The van der Waals surface area contributed by atoms with Crippen LogP contribution in [0.1, 0.15) is 5.56 Å². The Balaban J connectivity index is 2.06. The highest BCUT2D eigenvalue weighted by Crippen LogP contribution is 2.20. The van der Waals surface area contributed by atoms with Gasteiger partial charge in [0, 0.05) is 25.0 Å². The van der Waals surface area contributed by atoms with Crippen molar-refractivity contribution in [3.8, 4) is 0 Å². The van der Waals surface area contributed by atoms with Gasteiger partial charge in [-0.1, -0.05) is 45.4 Å². The second-order valence-electron chi connectivity index (χ2n) is 3.68. The number of rotatable bonds is 3. The van der Waals surface area contributed by atoms with Crippen LogP contribution < -0.4 is 0 Å². The number of nitrogens with zero attached hydrogens (tertiary/aromatic N) is 3. The Morgan fingerprint density at radius 2 is 2.44 bits per heavy atom. The van der Waals surface area contributed by atoms with E-state index in [-0.39, 0.29) is 11.2 Å². The number of carbonyl (C=O) groups excluding carboxylic acids is 1. The number of halogens is 2. The highest BCUT2D eigenvalue weighted by Gasteiger charge is 2.20. The second kappa shape index (κ2) is 6.54. The summed E-state index contributed by atoms with van der Waals surface area (Å²) in [7, 11) is 0. The van der Waals surface area contributed by atoms with Gasteiger partial charge in [0.05, 0.1) is 5.33 Å². The van der Waals surface area contributed by atoms with E-state index >= 15 is 0 Å². The third-order valence-electron chi connectivity index (χ3n) is 2.36. The molecule has 2 rings (SSSR count). The number of pyridine rings is 1. The summed E-state index contributed by atoms with van der Waals surface area (Å²) in [6, 6.07) is 3.70.